The highest BCUT2D eigenvalue weighted by Gasteiger charge is 2.14. The van der Waals surface area contributed by atoms with Crippen LogP contribution in [0.15, 0.2) is 17.1 Å². The van der Waals surface area contributed by atoms with Crippen molar-refractivity contribution in [3.8, 4) is 11.9 Å². The van der Waals surface area contributed by atoms with Crippen LogP contribution in [0.5, 0.6) is 5.75 Å². The van der Waals surface area contributed by atoms with E-state index < -0.39 is 23.1 Å². The van der Waals surface area contributed by atoms with Gasteiger partial charge in [0.05, 0.1) is 5.56 Å². The minimum atomic E-state index is -1.47. The molecule has 6 nitrogen and oxygen atoms in total. The zero-order valence-electron chi connectivity index (χ0n) is 9.14. The van der Waals surface area contributed by atoms with Gasteiger partial charge in [0.15, 0.2) is 11.4 Å². The molecule has 0 unspecified atom stereocenters. The van der Waals surface area contributed by atoms with E-state index in [1.807, 2.05) is 0 Å². The van der Waals surface area contributed by atoms with E-state index >= 15 is 0 Å². The molecule has 94 valence electrons. The first kappa shape index (κ1) is 13.8. The fraction of sp³-hybridized carbons (Fsp3) is 0.100. The third kappa shape index (κ3) is 3.11. The molecule has 0 bridgehead atoms. The van der Waals surface area contributed by atoms with Gasteiger partial charge in [-0.1, -0.05) is 11.8 Å². The minimum absolute atomic E-state index is 0.138. The molecule has 1 aromatic rings. The van der Waals surface area contributed by atoms with Gasteiger partial charge in [-0.15, -0.1) is 0 Å². The van der Waals surface area contributed by atoms with Gasteiger partial charge in [0.1, 0.15) is 17.3 Å². The molecule has 0 heterocycles. The van der Waals surface area contributed by atoms with Crippen LogP contribution in [0.25, 0.3) is 0 Å². The maximum absolute atomic E-state index is 13.2. The summed E-state index contributed by atoms with van der Waals surface area (Å²) in [6, 6.07) is 1.55. The van der Waals surface area contributed by atoms with E-state index in [0.29, 0.717) is 6.07 Å². The van der Waals surface area contributed by atoms with Gasteiger partial charge < -0.3 is 10.2 Å². The molecular weight excluding hydrogens is 261 g/mol. The van der Waals surface area contributed by atoms with Gasteiger partial charge in [0, 0.05) is 6.07 Å². The van der Waals surface area contributed by atoms with E-state index in [0.717, 1.165) is 17.8 Å². The Balaban J connectivity index is 3.29. The van der Waals surface area contributed by atoms with E-state index in [2.05, 4.69) is 10.3 Å². The summed E-state index contributed by atoms with van der Waals surface area (Å²) in [5, 5.41) is 29.0. The van der Waals surface area contributed by atoms with E-state index in [-0.39, 0.29) is 10.9 Å². The Morgan fingerprint density at radius 2 is 2.28 bits per heavy atom. The van der Waals surface area contributed by atoms with Crippen LogP contribution >= 0.6 is 11.8 Å². The van der Waals surface area contributed by atoms with Crippen LogP contribution in [-0.2, 0) is 0 Å². The lowest BCUT2D eigenvalue weighted by Gasteiger charge is -2.04. The molecule has 0 aliphatic rings. The van der Waals surface area contributed by atoms with Gasteiger partial charge in [0.2, 0.25) is 0 Å². The number of aromatic carboxylic acids is 1. The lowest BCUT2D eigenvalue weighted by atomic mass is 10.2. The maximum atomic E-state index is 13.2. The Hall–Kier alpha value is -2.27. The molecule has 0 aliphatic heterocycles. The molecule has 0 saturated carbocycles. The van der Waals surface area contributed by atoms with Crippen LogP contribution in [0.2, 0.25) is 0 Å². The number of aliphatic imine (C=N–C) groups is 1. The van der Waals surface area contributed by atoms with Crippen molar-refractivity contribution in [2.24, 2.45) is 4.99 Å². The average Bonchev–Trinajstić information content (AvgIpc) is 2.31. The normalized spacial score (nSPS) is 10.8. The highest BCUT2D eigenvalue weighted by molar-refractivity contribution is 8.13. The van der Waals surface area contributed by atoms with Crippen LogP contribution in [-0.4, -0.2) is 27.6 Å². The number of nitriles is 1. The summed E-state index contributed by atoms with van der Waals surface area (Å²) >= 11 is 1.08. The monoisotopic (exact) mass is 269 g/mol. The number of nitrogens with one attached hydrogen (secondary N) is 1. The molecule has 0 amide bonds. The number of phenolic OH excluding ortho intramolecular Hbond substituents is 1. The molecule has 1 aromatic carbocycles. The predicted molar refractivity (Wildman–Crippen MR) is 64.4 cm³/mol. The predicted octanol–water partition coefficient (Wildman–Crippen LogP) is 1.65. The number of thioether (sulfide) groups is 1. The summed E-state index contributed by atoms with van der Waals surface area (Å²) in [6.07, 6.45) is 3.26. The average molecular weight is 269 g/mol. The number of phenols is 1. The first-order valence-electron chi connectivity index (χ1n) is 4.53. The second-order valence-corrected chi connectivity index (χ2v) is 3.78. The molecule has 0 aromatic heterocycles. The zero-order valence-corrected chi connectivity index (χ0v) is 9.95. The summed E-state index contributed by atoms with van der Waals surface area (Å²) in [5.41, 5.74) is -0.745. The Kier molecular flexibility index (Phi) is 4.51. The summed E-state index contributed by atoms with van der Waals surface area (Å²) in [4.78, 5) is 14.5. The third-order valence-electron chi connectivity index (χ3n) is 1.87. The molecule has 3 N–H and O–H groups in total. The van der Waals surface area contributed by atoms with E-state index in [1.165, 1.54) is 0 Å². The summed E-state index contributed by atoms with van der Waals surface area (Å²) in [7, 11) is 0. The van der Waals surface area contributed by atoms with Gasteiger partial charge in [-0.2, -0.15) is 5.26 Å². The lowest BCUT2D eigenvalue weighted by Crippen LogP contribution is -2.12. The van der Waals surface area contributed by atoms with Crippen LogP contribution < -0.4 is 5.32 Å². The standard InChI is InChI=1S/C10H8FN3O3S/c1-18-10(13-4-12)14-7-2-5(9(16)17)6(11)3-8(7)15/h2-3,15H,1H3,(H,13,14)(H,16,17). The summed E-state index contributed by atoms with van der Waals surface area (Å²) in [5.74, 6) is -3.04. The fourth-order valence-corrected chi connectivity index (χ4v) is 1.42. The summed E-state index contributed by atoms with van der Waals surface area (Å²) in [6.45, 7) is 0. The van der Waals surface area contributed by atoms with Crippen LogP contribution in [0.4, 0.5) is 10.1 Å². The quantitative estimate of drug-likeness (QED) is 0.326. The number of hydrogen-bond donors (Lipinski definition) is 3. The van der Waals surface area contributed by atoms with Crippen molar-refractivity contribution in [3.05, 3.63) is 23.5 Å². The number of rotatable bonds is 2. The van der Waals surface area contributed by atoms with E-state index in [4.69, 9.17) is 10.4 Å². The van der Waals surface area contributed by atoms with Gasteiger partial charge in [-0.3, -0.25) is 5.32 Å². The molecule has 0 spiro atoms. The molecule has 0 atom stereocenters. The largest absolute Gasteiger partial charge is 0.506 e. The molecule has 0 fully saturated rings. The Morgan fingerprint density at radius 3 is 2.78 bits per heavy atom. The van der Waals surface area contributed by atoms with E-state index in [9.17, 15) is 14.3 Å². The van der Waals surface area contributed by atoms with Crippen LogP contribution in [0.3, 0.4) is 0 Å². The number of aromatic hydroxyl groups is 1. The van der Waals surface area contributed by atoms with Crippen molar-refractivity contribution in [3.63, 3.8) is 0 Å². The molecule has 1 rings (SSSR count). The van der Waals surface area contributed by atoms with Gasteiger partial charge in [-0.25, -0.2) is 14.2 Å². The summed E-state index contributed by atoms with van der Waals surface area (Å²) < 4.78 is 13.2. The number of hydrogen-bond acceptors (Lipinski definition) is 5. The first-order chi connectivity index (χ1) is 8.49. The second-order valence-electron chi connectivity index (χ2n) is 2.98. The Labute approximate surface area is 106 Å². The maximum Gasteiger partial charge on any atom is 0.338 e. The van der Waals surface area contributed by atoms with Crippen LogP contribution in [0.1, 0.15) is 10.4 Å². The Morgan fingerprint density at radius 1 is 1.61 bits per heavy atom. The number of carboxylic acids is 1. The van der Waals surface area contributed by atoms with Crippen molar-refractivity contribution in [2.45, 2.75) is 0 Å². The highest BCUT2D eigenvalue weighted by atomic mass is 32.2. The van der Waals surface area contributed by atoms with Crippen LogP contribution in [0, 0.1) is 17.3 Å². The molecule has 0 radical (unpaired) electrons. The smallest absolute Gasteiger partial charge is 0.338 e. The number of carbonyl (C=O) groups is 1. The third-order valence-corrected chi connectivity index (χ3v) is 2.45. The molecule has 8 heteroatoms. The fourth-order valence-electron chi connectivity index (χ4n) is 1.09. The topological polar surface area (TPSA) is 106 Å². The molecular formula is C10H8FN3O3S. The number of benzene rings is 1. The molecule has 18 heavy (non-hydrogen) atoms. The molecule has 0 aliphatic carbocycles. The van der Waals surface area contributed by atoms with E-state index in [1.54, 1.807) is 12.4 Å². The van der Waals surface area contributed by atoms with Crippen molar-refractivity contribution >= 4 is 28.6 Å². The minimum Gasteiger partial charge on any atom is -0.506 e. The van der Waals surface area contributed by atoms with Crippen molar-refractivity contribution in [2.75, 3.05) is 6.26 Å². The SMILES string of the molecule is CSC(=Nc1cc(C(=O)O)c(F)cc1O)NC#N. The van der Waals surface area contributed by atoms with Gasteiger partial charge in [-0.05, 0) is 12.3 Å². The number of carboxylic acid groups (broad SMARTS) is 1. The highest BCUT2D eigenvalue weighted by Crippen LogP contribution is 2.30. The molecule has 0 saturated heterocycles. The number of amidine groups is 1. The number of halogens is 1. The van der Waals surface area contributed by atoms with Crippen molar-refractivity contribution < 1.29 is 19.4 Å². The van der Waals surface area contributed by atoms with Gasteiger partial charge in [0.25, 0.3) is 0 Å². The second kappa shape index (κ2) is 5.88. The lowest BCUT2D eigenvalue weighted by molar-refractivity contribution is 0.0692. The zero-order chi connectivity index (χ0) is 13.7. The van der Waals surface area contributed by atoms with Crippen molar-refractivity contribution in [1.29, 1.82) is 5.26 Å². The van der Waals surface area contributed by atoms with Crippen molar-refractivity contribution in [1.82, 2.24) is 5.32 Å². The van der Waals surface area contributed by atoms with Gasteiger partial charge >= 0.3 is 5.97 Å². The first-order valence-corrected chi connectivity index (χ1v) is 5.75. The Bertz CT molecular complexity index is 554. The number of nitrogens with zero attached hydrogens (tertiary/aromatic N) is 2.